The van der Waals surface area contributed by atoms with Crippen LogP contribution < -0.4 is 5.35 Å². The van der Waals surface area contributed by atoms with Gasteiger partial charge in [0.15, 0.2) is 0 Å². The van der Waals surface area contributed by atoms with E-state index in [2.05, 4.69) is 292 Å². The van der Waals surface area contributed by atoms with Gasteiger partial charge in [0.25, 0.3) is 0 Å². The zero-order valence-corrected chi connectivity index (χ0v) is 64.9. The number of allylic oxidation sites excluding steroid dienone is 2. The number of nitrogens with zero attached hydrogens (tertiary/aromatic N) is 1. The van der Waals surface area contributed by atoms with Gasteiger partial charge in [-0.15, -0.1) is 0 Å². The molecule has 17 rings (SSSR count). The summed E-state index contributed by atoms with van der Waals surface area (Å²) < 4.78 is 0. The summed E-state index contributed by atoms with van der Waals surface area (Å²) in [6.45, 7) is 59.0. The zero-order valence-electron chi connectivity index (χ0n) is 64.9. The van der Waals surface area contributed by atoms with E-state index in [0.717, 1.165) is 138 Å². The fourth-order valence-electron chi connectivity index (χ4n) is 17.7. The molecule has 0 spiro atoms. The molecule has 4 heterocycles. The van der Waals surface area contributed by atoms with Crippen molar-refractivity contribution in [1.29, 1.82) is 0 Å². The Labute approximate surface area is 600 Å². The highest BCUT2D eigenvalue weighted by atomic mass is 16.3. The van der Waals surface area contributed by atoms with Crippen LogP contribution in [0.1, 0.15) is 228 Å². The van der Waals surface area contributed by atoms with Crippen LogP contribution in [-0.2, 0) is 52.9 Å². The van der Waals surface area contributed by atoms with Gasteiger partial charge in [0.05, 0.1) is 45.0 Å². The molecule has 3 aromatic heterocycles. The van der Waals surface area contributed by atoms with E-state index in [9.17, 15) is 5.11 Å². The summed E-state index contributed by atoms with van der Waals surface area (Å²) >= 11 is 0. The number of ketones is 2. The minimum absolute atomic E-state index is 0.0497. The molecule has 0 amide bonds. The maximum Gasteiger partial charge on any atom is 0.239 e. The number of aromatic nitrogens is 4. The van der Waals surface area contributed by atoms with E-state index in [-0.39, 0.29) is 60.2 Å². The smallest absolute Gasteiger partial charge is 0.239 e. The van der Waals surface area contributed by atoms with Crippen molar-refractivity contribution in [2.75, 3.05) is 0 Å². The van der Waals surface area contributed by atoms with Gasteiger partial charge in [0.2, 0.25) is 11.6 Å². The summed E-state index contributed by atoms with van der Waals surface area (Å²) in [6, 6.07) is 37.9. The van der Waals surface area contributed by atoms with Crippen LogP contribution in [0.5, 0.6) is 0 Å². The predicted molar refractivity (Wildman–Crippen MR) is 429 cm³/mol. The fraction of sp³-hybridized carbons (Fsp3) is 0.358. The first-order chi connectivity index (χ1) is 47.2. The first-order valence-electron chi connectivity index (χ1n) is 37.1. The van der Waals surface area contributed by atoms with E-state index in [4.69, 9.17) is 4.98 Å². The van der Waals surface area contributed by atoms with Crippen LogP contribution in [-0.4, -0.2) is 36.6 Å². The average Bonchev–Trinajstić information content (AvgIpc) is 1.52. The average molecular weight is 1340 g/mol. The third-order valence-corrected chi connectivity index (χ3v) is 23.7. The molecule has 1 aliphatic heterocycles. The molecule has 0 unspecified atom stereocenters. The number of Topliss-reactive ketones (excluding diaryl/α,β-unsaturated/α-hetero) is 2. The quantitative estimate of drug-likeness (QED) is 0.132. The molecule has 7 nitrogen and oxygen atoms in total. The van der Waals surface area contributed by atoms with Crippen LogP contribution in [0.2, 0.25) is 0 Å². The molecule has 0 saturated heterocycles. The SMILES string of the molecule is Cc1[nH]c(-c2[nH]c(C3=C(O)/C(=c4\nc(-c5[nH]c(C)c6c5-c5cc(C(C)(C)C)cc7cc(C(C)(C)C)cc-6c57)c5c6cc(C(C)(C)C)cc7cc(C(C)(C)C)cc(c4=5)c76)C(=O)C3=O)c3c2-c2cc(C(C)(C)C)cc4cc(C(C)(C)C)cc-3c24)c2c1-c1cc(C(C)(C)C)cc3cc(C(C)(C)C)cc-2c13. The lowest BCUT2D eigenvalue weighted by atomic mass is 9.81. The van der Waals surface area contributed by atoms with Crippen molar-refractivity contribution in [1.82, 2.24) is 19.9 Å². The van der Waals surface area contributed by atoms with Crippen LogP contribution in [0.15, 0.2) is 103 Å². The van der Waals surface area contributed by atoms with E-state index in [0.29, 0.717) is 16.7 Å². The molecule has 102 heavy (non-hydrogen) atoms. The highest BCUT2D eigenvalue weighted by Crippen LogP contribution is 2.62. The summed E-state index contributed by atoms with van der Waals surface area (Å²) in [5, 5.41) is 27.2. The molecule has 0 saturated carbocycles. The van der Waals surface area contributed by atoms with E-state index in [1.54, 1.807) is 0 Å². The zero-order chi connectivity index (χ0) is 73.1. The second-order valence-corrected chi connectivity index (χ2v) is 39.3. The molecule has 0 bridgehead atoms. The van der Waals surface area contributed by atoms with E-state index >= 15 is 9.59 Å². The molecule has 7 heteroatoms. The summed E-state index contributed by atoms with van der Waals surface area (Å²) in [7, 11) is 0. The molecule has 6 aliphatic rings. The van der Waals surface area contributed by atoms with Crippen LogP contribution in [0.25, 0.3) is 155 Å². The minimum atomic E-state index is -0.786. The number of hydrogen-bond acceptors (Lipinski definition) is 4. The van der Waals surface area contributed by atoms with Crippen molar-refractivity contribution in [3.05, 3.63) is 180 Å². The molecule has 516 valence electrons. The number of nitrogens with one attached hydrogen (secondary N) is 3. The summed E-state index contributed by atoms with van der Waals surface area (Å²) in [4.78, 5) is 50.7. The number of aliphatic hydroxyl groups excluding tert-OH is 1. The first-order valence-corrected chi connectivity index (χ1v) is 37.1. The number of H-pyrrole nitrogens is 3. The summed E-state index contributed by atoms with van der Waals surface area (Å²) in [6.07, 6.45) is 0. The Bertz CT molecular complexity index is 6220. The molecular weight excluding hydrogens is 1250 g/mol. The normalized spacial score (nSPS) is 15.5. The Morgan fingerprint density at radius 2 is 0.559 bits per heavy atom. The number of aryl methyl sites for hydroxylation is 2. The second kappa shape index (κ2) is 20.1. The minimum Gasteiger partial charge on any atom is -0.506 e. The lowest BCUT2D eigenvalue weighted by molar-refractivity contribution is -0.129. The molecule has 0 atom stereocenters. The standard InChI is InChI=1S/C95H98N4O3/c1-43-65-57-35-49(88(3,4)5)27-45-29-51(90(9,10)11)37-59(67(45)57)71(65)81(96-43)83-75-63-41-55(94(21,22)23)33-47-31-53(92(15,16)17)39-61(69(47)63)73(75)79(98-83)77-85(100)78(87(102)86(77)101)80-74-62-40-54(93(18,19)20)32-48-34-56(95(24,25)26)42-64(70(48)62)76(74)84(99-80)82-72-60-38-52(91(12,13)14)30-46-28-50(89(6,7)8)36-58(68(46)60)66(72)44(2)97-82/h27-42,96-98,100H,1-26H3/b80-78+. The maximum absolute atomic E-state index is 16.4. The van der Waals surface area contributed by atoms with Gasteiger partial charge in [-0.2, -0.15) is 0 Å². The number of benzene rings is 8. The Morgan fingerprint density at radius 1 is 0.294 bits per heavy atom. The van der Waals surface area contributed by atoms with Gasteiger partial charge in [0.1, 0.15) is 5.76 Å². The largest absolute Gasteiger partial charge is 0.506 e. The number of carbonyl (C=O) groups is 2. The molecule has 5 aliphatic carbocycles. The summed E-state index contributed by atoms with van der Waals surface area (Å²) in [5.74, 6) is -1.94. The molecule has 0 radical (unpaired) electrons. The van der Waals surface area contributed by atoms with Crippen LogP contribution in [0.4, 0.5) is 0 Å². The van der Waals surface area contributed by atoms with Crippen molar-refractivity contribution < 1.29 is 14.7 Å². The number of carbonyl (C=O) groups excluding carboxylic acids is 2. The Balaban J connectivity index is 1.02. The maximum atomic E-state index is 16.4. The number of aromatic amines is 3. The number of rotatable bonds is 3. The topological polar surface area (TPSA) is 115 Å². The molecule has 4 N–H and O–H groups in total. The van der Waals surface area contributed by atoms with E-state index in [1.807, 2.05) is 0 Å². The highest BCUT2D eigenvalue weighted by Gasteiger charge is 2.46. The Kier molecular flexibility index (Phi) is 13.0. The summed E-state index contributed by atoms with van der Waals surface area (Å²) in [5.41, 5.74) is 26.5. The molecule has 0 fully saturated rings. The van der Waals surface area contributed by atoms with Crippen molar-refractivity contribution >= 4 is 76.6 Å². The third-order valence-electron chi connectivity index (χ3n) is 23.7. The van der Waals surface area contributed by atoms with Gasteiger partial charge in [0, 0.05) is 55.2 Å². The van der Waals surface area contributed by atoms with Gasteiger partial charge < -0.3 is 20.1 Å². The lowest BCUT2D eigenvalue weighted by Crippen LogP contribution is -2.19. The lowest BCUT2D eigenvalue weighted by Gasteiger charge is -2.24. The van der Waals surface area contributed by atoms with Crippen molar-refractivity contribution in [3.63, 3.8) is 0 Å². The molecule has 11 aromatic rings. The van der Waals surface area contributed by atoms with Crippen molar-refractivity contribution in [2.24, 2.45) is 0 Å². The highest BCUT2D eigenvalue weighted by molar-refractivity contribution is 6.70. The van der Waals surface area contributed by atoms with Gasteiger partial charge in [-0.3, -0.25) is 9.59 Å². The van der Waals surface area contributed by atoms with Gasteiger partial charge in [-0.1, -0.05) is 215 Å². The molecule has 8 aromatic carbocycles. The number of fused-ring (bicyclic) bond motifs is 11. The Morgan fingerprint density at radius 3 is 0.912 bits per heavy atom. The monoisotopic (exact) mass is 1340 g/mol. The van der Waals surface area contributed by atoms with Crippen LogP contribution in [0.3, 0.4) is 0 Å². The predicted octanol–water partition coefficient (Wildman–Crippen LogP) is 24.3. The number of aliphatic hydroxyl groups is 1. The van der Waals surface area contributed by atoms with E-state index < -0.39 is 11.6 Å². The van der Waals surface area contributed by atoms with Crippen molar-refractivity contribution in [2.45, 2.75) is 223 Å². The van der Waals surface area contributed by atoms with Crippen LogP contribution in [0, 0.1) is 24.3 Å². The van der Waals surface area contributed by atoms with Gasteiger partial charge >= 0.3 is 0 Å². The van der Waals surface area contributed by atoms with E-state index in [1.165, 1.54) is 66.1 Å². The third kappa shape index (κ3) is 9.12. The number of hydrogen-bond donors (Lipinski definition) is 4. The molecular formula is C95H98N4O3. The van der Waals surface area contributed by atoms with Gasteiger partial charge in [-0.05, 0) is 237 Å². The van der Waals surface area contributed by atoms with Crippen LogP contribution >= 0.6 is 0 Å². The second-order valence-electron chi connectivity index (χ2n) is 39.3. The van der Waals surface area contributed by atoms with Crippen molar-refractivity contribution in [3.8, 4) is 89.5 Å². The first kappa shape index (κ1) is 65.9. The fourth-order valence-corrected chi connectivity index (χ4v) is 17.7. The Hall–Kier alpha value is -9.33. The van der Waals surface area contributed by atoms with Gasteiger partial charge in [-0.25, -0.2) is 4.98 Å².